The zero-order chi connectivity index (χ0) is 15.3. The Hall–Kier alpha value is -1.46. The molecule has 0 spiro atoms. The van der Waals surface area contributed by atoms with Crippen LogP contribution in [0.25, 0.3) is 0 Å². The van der Waals surface area contributed by atoms with Crippen molar-refractivity contribution >= 4 is 35.1 Å². The molecule has 0 saturated carbocycles. The molecule has 0 saturated heterocycles. The molecular weight excluding hydrogens is 305 g/mol. The van der Waals surface area contributed by atoms with Crippen LogP contribution in [0.2, 0.25) is 10.0 Å². The van der Waals surface area contributed by atoms with Crippen molar-refractivity contribution in [3.05, 3.63) is 28.2 Å². The number of nitrogens with one attached hydrogen (secondary N) is 1. The summed E-state index contributed by atoms with van der Waals surface area (Å²) >= 11 is 11.6. The quantitative estimate of drug-likeness (QED) is 0.845. The maximum absolute atomic E-state index is 11.6. The van der Waals surface area contributed by atoms with Crippen LogP contribution in [0.3, 0.4) is 0 Å². The van der Waals surface area contributed by atoms with Gasteiger partial charge in [-0.1, -0.05) is 23.2 Å². The molecular formula is C13H15Cl2NO4. The molecule has 7 heteroatoms. The van der Waals surface area contributed by atoms with E-state index in [2.05, 4.69) is 5.32 Å². The third-order valence-electron chi connectivity index (χ3n) is 2.78. The summed E-state index contributed by atoms with van der Waals surface area (Å²) in [5.74, 6) is -1.74. The van der Waals surface area contributed by atoms with Gasteiger partial charge in [-0.25, -0.2) is 0 Å². The van der Waals surface area contributed by atoms with Gasteiger partial charge < -0.3 is 15.2 Å². The van der Waals surface area contributed by atoms with E-state index in [9.17, 15) is 9.59 Å². The van der Waals surface area contributed by atoms with Crippen LogP contribution < -0.4 is 10.1 Å². The Kier molecular flexibility index (Phi) is 6.10. The predicted molar refractivity (Wildman–Crippen MR) is 76.4 cm³/mol. The minimum absolute atomic E-state index is 0.252. The number of ether oxygens (including phenoxy) is 1. The van der Waals surface area contributed by atoms with Crippen LogP contribution in [0, 0.1) is 5.92 Å². The molecule has 0 aliphatic heterocycles. The topological polar surface area (TPSA) is 75.6 Å². The van der Waals surface area contributed by atoms with Gasteiger partial charge in [0.1, 0.15) is 5.75 Å². The Balaban J connectivity index is 2.49. The first-order chi connectivity index (χ1) is 9.31. The van der Waals surface area contributed by atoms with E-state index in [1.807, 2.05) is 0 Å². The van der Waals surface area contributed by atoms with Crippen LogP contribution in [-0.2, 0) is 9.59 Å². The van der Waals surface area contributed by atoms with Crippen molar-refractivity contribution in [1.29, 1.82) is 0 Å². The number of benzene rings is 1. The molecule has 110 valence electrons. The van der Waals surface area contributed by atoms with Crippen molar-refractivity contribution in [2.45, 2.75) is 19.9 Å². The zero-order valence-electron chi connectivity index (χ0n) is 11.0. The Morgan fingerprint density at radius 2 is 2.00 bits per heavy atom. The first kappa shape index (κ1) is 16.6. The number of halogens is 2. The van der Waals surface area contributed by atoms with Crippen molar-refractivity contribution in [3.8, 4) is 5.75 Å². The molecule has 0 radical (unpaired) electrons. The van der Waals surface area contributed by atoms with Gasteiger partial charge in [-0.15, -0.1) is 0 Å². The van der Waals surface area contributed by atoms with E-state index in [0.29, 0.717) is 15.8 Å². The maximum Gasteiger partial charge on any atom is 0.308 e. The van der Waals surface area contributed by atoms with Crippen molar-refractivity contribution in [3.63, 3.8) is 0 Å². The highest BCUT2D eigenvalue weighted by molar-refractivity contribution is 6.35. The second kappa shape index (κ2) is 7.36. The predicted octanol–water partition coefficient (Wildman–Crippen LogP) is 2.60. The van der Waals surface area contributed by atoms with Crippen LogP contribution in [0.15, 0.2) is 18.2 Å². The molecule has 2 N–H and O–H groups in total. The van der Waals surface area contributed by atoms with E-state index in [0.717, 1.165) is 0 Å². The molecule has 5 nitrogen and oxygen atoms in total. The molecule has 1 rings (SSSR count). The Labute approximate surface area is 126 Å². The van der Waals surface area contributed by atoms with Crippen LogP contribution in [-0.4, -0.2) is 29.6 Å². The van der Waals surface area contributed by atoms with Gasteiger partial charge >= 0.3 is 5.97 Å². The fraction of sp³-hybridized carbons (Fsp3) is 0.385. The summed E-state index contributed by atoms with van der Waals surface area (Å²) in [6.07, 6.45) is 0. The van der Waals surface area contributed by atoms with E-state index in [4.69, 9.17) is 33.0 Å². The van der Waals surface area contributed by atoms with E-state index in [1.165, 1.54) is 13.0 Å². The smallest absolute Gasteiger partial charge is 0.308 e. The minimum atomic E-state index is -0.973. The van der Waals surface area contributed by atoms with E-state index >= 15 is 0 Å². The van der Waals surface area contributed by atoms with Crippen molar-refractivity contribution < 1.29 is 19.4 Å². The molecule has 1 aromatic rings. The second-order valence-electron chi connectivity index (χ2n) is 4.35. The lowest BCUT2D eigenvalue weighted by atomic mass is 10.0. The highest BCUT2D eigenvalue weighted by Crippen LogP contribution is 2.27. The summed E-state index contributed by atoms with van der Waals surface area (Å²) in [5, 5.41) is 12.1. The lowest BCUT2D eigenvalue weighted by Crippen LogP contribution is -2.42. The average molecular weight is 320 g/mol. The van der Waals surface area contributed by atoms with Crippen LogP contribution in [0.4, 0.5) is 0 Å². The fourth-order valence-electron chi connectivity index (χ4n) is 1.37. The maximum atomic E-state index is 11.6. The second-order valence-corrected chi connectivity index (χ2v) is 5.19. The number of amides is 1. The molecule has 1 aromatic carbocycles. The van der Waals surface area contributed by atoms with E-state index < -0.39 is 23.8 Å². The van der Waals surface area contributed by atoms with Gasteiger partial charge in [0.2, 0.25) is 0 Å². The number of hydrogen-bond acceptors (Lipinski definition) is 3. The summed E-state index contributed by atoms with van der Waals surface area (Å²) < 4.78 is 5.24. The molecule has 2 atom stereocenters. The standard InChI is InChI=1S/C13H15Cl2NO4/c1-7(13(18)19)8(2)16-12(17)6-20-11-4-3-9(14)5-10(11)15/h3-5,7-8H,6H2,1-2H3,(H,16,17)(H,18,19). The monoisotopic (exact) mass is 319 g/mol. The summed E-state index contributed by atoms with van der Waals surface area (Å²) in [6, 6.07) is 4.16. The molecule has 0 aliphatic rings. The Morgan fingerprint density at radius 3 is 2.55 bits per heavy atom. The first-order valence-corrected chi connectivity index (χ1v) is 6.67. The van der Waals surface area contributed by atoms with Crippen LogP contribution in [0.5, 0.6) is 5.75 Å². The molecule has 20 heavy (non-hydrogen) atoms. The Morgan fingerprint density at radius 1 is 1.35 bits per heavy atom. The van der Waals surface area contributed by atoms with Crippen LogP contribution in [0.1, 0.15) is 13.8 Å². The van der Waals surface area contributed by atoms with Crippen molar-refractivity contribution in [1.82, 2.24) is 5.32 Å². The fourth-order valence-corrected chi connectivity index (χ4v) is 1.83. The van der Waals surface area contributed by atoms with Gasteiger partial charge in [-0.3, -0.25) is 9.59 Å². The molecule has 0 fully saturated rings. The third kappa shape index (κ3) is 4.90. The number of hydrogen-bond donors (Lipinski definition) is 2. The highest BCUT2D eigenvalue weighted by atomic mass is 35.5. The number of rotatable bonds is 6. The minimum Gasteiger partial charge on any atom is -0.482 e. The summed E-state index contributed by atoms with van der Waals surface area (Å²) in [7, 11) is 0. The SMILES string of the molecule is CC(NC(=O)COc1ccc(Cl)cc1Cl)C(C)C(=O)O. The summed E-state index contributed by atoms with van der Waals surface area (Å²) in [6.45, 7) is 2.88. The van der Waals surface area contributed by atoms with Gasteiger partial charge in [-0.05, 0) is 32.0 Å². The van der Waals surface area contributed by atoms with Gasteiger partial charge in [0, 0.05) is 11.1 Å². The molecule has 0 bridgehead atoms. The molecule has 0 aromatic heterocycles. The third-order valence-corrected chi connectivity index (χ3v) is 3.31. The van der Waals surface area contributed by atoms with Gasteiger partial charge in [0.15, 0.2) is 6.61 Å². The van der Waals surface area contributed by atoms with Gasteiger partial charge in [0.05, 0.1) is 10.9 Å². The summed E-state index contributed by atoms with van der Waals surface area (Å²) in [4.78, 5) is 22.4. The van der Waals surface area contributed by atoms with Gasteiger partial charge in [0.25, 0.3) is 5.91 Å². The molecule has 0 heterocycles. The molecule has 0 aliphatic carbocycles. The lowest BCUT2D eigenvalue weighted by molar-refractivity contribution is -0.142. The normalized spacial score (nSPS) is 13.4. The average Bonchev–Trinajstić information content (AvgIpc) is 2.36. The number of carbonyl (C=O) groups is 2. The lowest BCUT2D eigenvalue weighted by Gasteiger charge is -2.18. The number of carbonyl (C=O) groups excluding carboxylic acids is 1. The number of aliphatic carboxylic acids is 1. The zero-order valence-corrected chi connectivity index (χ0v) is 12.5. The van der Waals surface area contributed by atoms with Crippen molar-refractivity contribution in [2.75, 3.05) is 6.61 Å². The molecule has 1 amide bonds. The number of carboxylic acid groups (broad SMARTS) is 1. The Bertz CT molecular complexity index is 507. The van der Waals surface area contributed by atoms with Gasteiger partial charge in [-0.2, -0.15) is 0 Å². The van der Waals surface area contributed by atoms with Crippen LogP contribution >= 0.6 is 23.2 Å². The van der Waals surface area contributed by atoms with Crippen molar-refractivity contribution in [2.24, 2.45) is 5.92 Å². The number of carboxylic acids is 1. The van der Waals surface area contributed by atoms with E-state index in [-0.39, 0.29) is 6.61 Å². The summed E-state index contributed by atoms with van der Waals surface area (Å²) in [5.41, 5.74) is 0. The van der Waals surface area contributed by atoms with E-state index in [1.54, 1.807) is 19.1 Å². The first-order valence-electron chi connectivity index (χ1n) is 5.91. The highest BCUT2D eigenvalue weighted by Gasteiger charge is 2.21. The molecule has 2 unspecified atom stereocenters. The largest absolute Gasteiger partial charge is 0.482 e.